The van der Waals surface area contributed by atoms with E-state index >= 15 is 0 Å². The number of hydrogen-bond donors (Lipinski definition) is 0. The highest BCUT2D eigenvalue weighted by Crippen LogP contribution is 2.38. The highest BCUT2D eigenvalue weighted by Gasteiger charge is 2.41. The molecule has 0 N–H and O–H groups in total. The Morgan fingerprint density at radius 2 is 0.635 bits per heavy atom. The predicted octanol–water partition coefficient (Wildman–Crippen LogP) is 12.6. The molecule has 2 aromatic heterocycles. The molecule has 0 atom stereocenters. The standard InChI is InChI=1S/C60H42N2Si/c1-6-18-43(19-7-1)45-30-33-47(34-31-45)61-59-40-46(44-20-8-2-9-21-44)32-37-54(59)55-38-35-48(41-60(55)61)62-57-29-17-16-28-53(57)56-42-52(36-39-58(56)62)63(49-22-10-3-11-23-49,50-24-12-4-13-25-50)51-26-14-5-15-27-51/h1-42H. The summed E-state index contributed by atoms with van der Waals surface area (Å²) in [5.41, 5.74) is 11.8. The summed E-state index contributed by atoms with van der Waals surface area (Å²) >= 11 is 0. The summed E-state index contributed by atoms with van der Waals surface area (Å²) in [4.78, 5) is 0. The Kier molecular flexibility index (Phi) is 8.87. The third kappa shape index (κ3) is 6.00. The summed E-state index contributed by atoms with van der Waals surface area (Å²) in [5, 5.41) is 10.4. The van der Waals surface area contributed by atoms with Crippen molar-refractivity contribution in [3.63, 3.8) is 0 Å². The van der Waals surface area contributed by atoms with Crippen molar-refractivity contribution in [2.75, 3.05) is 0 Å². The van der Waals surface area contributed by atoms with Crippen molar-refractivity contribution in [3.05, 3.63) is 255 Å². The number of fused-ring (bicyclic) bond motifs is 6. The van der Waals surface area contributed by atoms with Gasteiger partial charge in [-0.05, 0) is 85.5 Å². The zero-order valence-electron chi connectivity index (χ0n) is 34.6. The van der Waals surface area contributed by atoms with Crippen molar-refractivity contribution < 1.29 is 0 Å². The van der Waals surface area contributed by atoms with Gasteiger partial charge in [-0.15, -0.1) is 0 Å². The molecule has 0 saturated carbocycles. The van der Waals surface area contributed by atoms with E-state index in [1.807, 2.05) is 0 Å². The van der Waals surface area contributed by atoms with Crippen molar-refractivity contribution in [1.29, 1.82) is 0 Å². The molecule has 0 saturated heterocycles. The molecular formula is C60H42N2Si. The van der Waals surface area contributed by atoms with Gasteiger partial charge >= 0.3 is 0 Å². The molecule has 0 radical (unpaired) electrons. The van der Waals surface area contributed by atoms with Crippen molar-refractivity contribution in [3.8, 4) is 33.6 Å². The van der Waals surface area contributed by atoms with Gasteiger partial charge in [-0.2, -0.15) is 0 Å². The first-order valence-electron chi connectivity index (χ1n) is 21.8. The average molecular weight is 819 g/mol. The Morgan fingerprint density at radius 3 is 1.24 bits per heavy atom. The van der Waals surface area contributed by atoms with Gasteiger partial charge in [0.05, 0.1) is 22.1 Å². The molecule has 0 aliphatic heterocycles. The molecule has 12 aromatic rings. The fourth-order valence-electron chi connectivity index (χ4n) is 10.2. The Labute approximate surface area is 368 Å². The van der Waals surface area contributed by atoms with Crippen LogP contribution in [0.2, 0.25) is 0 Å². The summed E-state index contributed by atoms with van der Waals surface area (Å²) in [7, 11) is -2.74. The second-order valence-corrected chi connectivity index (χ2v) is 20.3. The van der Waals surface area contributed by atoms with E-state index in [0.29, 0.717) is 0 Å². The normalized spacial score (nSPS) is 11.8. The minimum Gasteiger partial charge on any atom is -0.309 e. The second-order valence-electron chi connectivity index (χ2n) is 16.5. The molecule has 0 aliphatic carbocycles. The molecule has 0 amide bonds. The molecule has 63 heavy (non-hydrogen) atoms. The van der Waals surface area contributed by atoms with Gasteiger partial charge in [0.1, 0.15) is 0 Å². The molecule has 0 spiro atoms. The van der Waals surface area contributed by atoms with Crippen molar-refractivity contribution in [2.45, 2.75) is 0 Å². The van der Waals surface area contributed by atoms with Gasteiger partial charge in [-0.1, -0.05) is 212 Å². The van der Waals surface area contributed by atoms with E-state index < -0.39 is 8.07 Å². The van der Waals surface area contributed by atoms with Crippen molar-refractivity contribution >= 4 is 72.4 Å². The summed E-state index contributed by atoms with van der Waals surface area (Å²) < 4.78 is 4.93. The van der Waals surface area contributed by atoms with E-state index in [2.05, 4.69) is 264 Å². The molecular weight excluding hydrogens is 777 g/mol. The number of para-hydroxylation sites is 1. The molecule has 0 unspecified atom stereocenters. The molecule has 0 aliphatic rings. The molecule has 296 valence electrons. The minimum absolute atomic E-state index is 1.13. The Bertz CT molecular complexity index is 3480. The fourth-order valence-corrected chi connectivity index (χ4v) is 15.0. The predicted molar refractivity (Wildman–Crippen MR) is 270 cm³/mol. The molecule has 0 bridgehead atoms. The molecule has 3 heteroatoms. The van der Waals surface area contributed by atoms with Crippen LogP contribution in [0.1, 0.15) is 0 Å². The average Bonchev–Trinajstić information content (AvgIpc) is 3.87. The maximum Gasteiger partial charge on any atom is 0.179 e. The van der Waals surface area contributed by atoms with Crippen molar-refractivity contribution in [2.24, 2.45) is 0 Å². The van der Waals surface area contributed by atoms with Crippen LogP contribution in [0.15, 0.2) is 255 Å². The maximum atomic E-state index is 2.52. The van der Waals surface area contributed by atoms with Gasteiger partial charge in [0.2, 0.25) is 0 Å². The Hall–Kier alpha value is -7.98. The maximum absolute atomic E-state index is 2.74. The van der Waals surface area contributed by atoms with E-state index in [1.54, 1.807) is 0 Å². The van der Waals surface area contributed by atoms with Crippen molar-refractivity contribution in [1.82, 2.24) is 9.13 Å². The summed E-state index contributed by atoms with van der Waals surface area (Å²) in [5.74, 6) is 0. The van der Waals surface area contributed by atoms with Crippen LogP contribution in [-0.4, -0.2) is 17.2 Å². The van der Waals surface area contributed by atoms with Crippen LogP contribution in [0, 0.1) is 0 Å². The van der Waals surface area contributed by atoms with Crippen LogP contribution in [-0.2, 0) is 0 Å². The molecule has 0 fully saturated rings. The van der Waals surface area contributed by atoms with Crippen LogP contribution >= 0.6 is 0 Å². The Morgan fingerprint density at radius 1 is 0.222 bits per heavy atom. The van der Waals surface area contributed by atoms with Gasteiger partial charge in [0, 0.05) is 32.9 Å². The largest absolute Gasteiger partial charge is 0.309 e. The van der Waals surface area contributed by atoms with Gasteiger partial charge in [0.25, 0.3) is 0 Å². The lowest BCUT2D eigenvalue weighted by Gasteiger charge is -2.34. The quantitative estimate of drug-likeness (QED) is 0.107. The van der Waals surface area contributed by atoms with Gasteiger partial charge < -0.3 is 9.13 Å². The number of aromatic nitrogens is 2. The smallest absolute Gasteiger partial charge is 0.179 e. The number of nitrogens with zero attached hydrogens (tertiary/aromatic N) is 2. The zero-order valence-corrected chi connectivity index (χ0v) is 35.6. The van der Waals surface area contributed by atoms with E-state index in [9.17, 15) is 0 Å². The summed E-state index contributed by atoms with van der Waals surface area (Å²) in [6.07, 6.45) is 0. The molecule has 2 heterocycles. The van der Waals surface area contributed by atoms with E-state index in [0.717, 1.165) is 11.4 Å². The number of benzene rings is 10. The molecule has 10 aromatic carbocycles. The number of rotatable bonds is 8. The van der Waals surface area contributed by atoms with Crippen LogP contribution < -0.4 is 20.7 Å². The third-order valence-electron chi connectivity index (χ3n) is 13.1. The van der Waals surface area contributed by atoms with Crippen LogP contribution in [0.25, 0.3) is 77.2 Å². The zero-order chi connectivity index (χ0) is 41.7. The van der Waals surface area contributed by atoms with Crippen LogP contribution in [0.3, 0.4) is 0 Å². The first kappa shape index (κ1) is 36.8. The van der Waals surface area contributed by atoms with Gasteiger partial charge in [-0.3, -0.25) is 0 Å². The topological polar surface area (TPSA) is 9.86 Å². The fraction of sp³-hybridized carbons (Fsp3) is 0. The monoisotopic (exact) mass is 818 g/mol. The van der Waals surface area contributed by atoms with Crippen LogP contribution in [0.4, 0.5) is 0 Å². The van der Waals surface area contributed by atoms with Gasteiger partial charge in [-0.25, -0.2) is 0 Å². The lowest BCUT2D eigenvalue weighted by atomic mass is 10.0. The lowest BCUT2D eigenvalue weighted by Crippen LogP contribution is -2.74. The first-order chi connectivity index (χ1) is 31.3. The first-order valence-corrected chi connectivity index (χ1v) is 23.8. The SMILES string of the molecule is c1ccc(-c2ccc(-n3c4cc(-c5ccccc5)ccc4c4ccc(-n5c6ccccc6c6cc([Si](c7ccccc7)(c7ccccc7)c7ccccc7)ccc65)cc43)cc2)cc1. The molecule has 12 rings (SSSR count). The number of hydrogen-bond acceptors (Lipinski definition) is 0. The van der Waals surface area contributed by atoms with Gasteiger partial charge in [0.15, 0.2) is 8.07 Å². The lowest BCUT2D eigenvalue weighted by molar-refractivity contribution is 1.15. The van der Waals surface area contributed by atoms with E-state index in [1.165, 1.54) is 86.6 Å². The van der Waals surface area contributed by atoms with E-state index in [4.69, 9.17) is 0 Å². The Balaban J connectivity index is 1.10. The highest BCUT2D eigenvalue weighted by molar-refractivity contribution is 7.20. The van der Waals surface area contributed by atoms with E-state index in [-0.39, 0.29) is 0 Å². The summed E-state index contributed by atoms with van der Waals surface area (Å²) in [6, 6.07) is 94.2. The minimum atomic E-state index is -2.74. The third-order valence-corrected chi connectivity index (χ3v) is 17.9. The highest BCUT2D eigenvalue weighted by atomic mass is 28.3. The second kappa shape index (κ2) is 15.2. The molecule has 2 nitrogen and oxygen atoms in total. The summed E-state index contributed by atoms with van der Waals surface area (Å²) in [6.45, 7) is 0. The van der Waals surface area contributed by atoms with Crippen LogP contribution in [0.5, 0.6) is 0 Å².